The van der Waals surface area contributed by atoms with Gasteiger partial charge in [0.2, 0.25) is 0 Å². The fourth-order valence-electron chi connectivity index (χ4n) is 2.04. The monoisotopic (exact) mass is 228 g/mol. The second-order valence-electron chi connectivity index (χ2n) is 4.29. The third kappa shape index (κ3) is 2.44. The van der Waals surface area contributed by atoms with Gasteiger partial charge >= 0.3 is 0 Å². The van der Waals surface area contributed by atoms with Crippen LogP contribution in [-0.2, 0) is 13.5 Å². The lowest BCUT2D eigenvalue weighted by Gasteiger charge is -2.06. The summed E-state index contributed by atoms with van der Waals surface area (Å²) in [5, 5.41) is 4.31. The molecule has 0 N–H and O–H groups in total. The Morgan fingerprint density at radius 3 is 2.65 bits per heavy atom. The lowest BCUT2D eigenvalue weighted by molar-refractivity contribution is 0.101. The molecule has 0 radical (unpaired) electrons. The lowest BCUT2D eigenvalue weighted by atomic mass is 10.0. The quantitative estimate of drug-likeness (QED) is 0.757. The first kappa shape index (κ1) is 11.6. The van der Waals surface area contributed by atoms with Crippen LogP contribution in [0.25, 0.3) is 0 Å². The van der Waals surface area contributed by atoms with Crippen LogP contribution >= 0.6 is 0 Å². The first-order chi connectivity index (χ1) is 8.08. The minimum absolute atomic E-state index is 0.111. The smallest absolute Gasteiger partial charge is 0.160 e. The highest BCUT2D eigenvalue weighted by molar-refractivity contribution is 5.95. The van der Waals surface area contributed by atoms with E-state index in [1.807, 2.05) is 42.9 Å². The van der Waals surface area contributed by atoms with Gasteiger partial charge in [-0.05, 0) is 25.5 Å². The van der Waals surface area contributed by atoms with Crippen LogP contribution in [0.3, 0.4) is 0 Å². The highest BCUT2D eigenvalue weighted by Gasteiger charge is 2.09. The molecule has 1 heterocycles. The third-order valence-corrected chi connectivity index (χ3v) is 2.87. The van der Waals surface area contributed by atoms with Crippen molar-refractivity contribution in [1.29, 1.82) is 0 Å². The van der Waals surface area contributed by atoms with Gasteiger partial charge in [-0.1, -0.05) is 24.3 Å². The summed E-state index contributed by atoms with van der Waals surface area (Å²) in [6, 6.07) is 9.79. The Morgan fingerprint density at radius 2 is 2.06 bits per heavy atom. The summed E-state index contributed by atoms with van der Waals surface area (Å²) in [7, 11) is 1.93. The summed E-state index contributed by atoms with van der Waals surface area (Å²) in [6.45, 7) is 3.58. The van der Waals surface area contributed by atoms with E-state index in [2.05, 4.69) is 11.2 Å². The molecule has 3 nitrogen and oxygen atoms in total. The molecule has 0 amide bonds. The van der Waals surface area contributed by atoms with E-state index in [4.69, 9.17) is 0 Å². The summed E-state index contributed by atoms with van der Waals surface area (Å²) in [6.07, 6.45) is 0.743. The van der Waals surface area contributed by atoms with E-state index in [-0.39, 0.29) is 5.78 Å². The Balaban J connectivity index is 2.36. The zero-order chi connectivity index (χ0) is 12.4. The van der Waals surface area contributed by atoms with Gasteiger partial charge in [-0.3, -0.25) is 9.48 Å². The van der Waals surface area contributed by atoms with Gasteiger partial charge in [-0.2, -0.15) is 5.10 Å². The van der Waals surface area contributed by atoms with E-state index in [0.29, 0.717) is 0 Å². The second-order valence-corrected chi connectivity index (χ2v) is 4.29. The standard InChI is InChI=1S/C14H16N2O/c1-10-8-13(16(3)15-10)9-12-6-4-5-7-14(12)11(2)17/h4-8H,9H2,1-3H3. The van der Waals surface area contributed by atoms with Gasteiger partial charge < -0.3 is 0 Å². The van der Waals surface area contributed by atoms with Crippen LogP contribution in [0.15, 0.2) is 30.3 Å². The molecule has 0 fully saturated rings. The number of ketones is 1. The summed E-state index contributed by atoms with van der Waals surface area (Å²) < 4.78 is 1.87. The van der Waals surface area contributed by atoms with Crippen LogP contribution in [0.2, 0.25) is 0 Å². The molecule has 3 heteroatoms. The molecule has 0 spiro atoms. The van der Waals surface area contributed by atoms with Crippen molar-refractivity contribution in [2.45, 2.75) is 20.3 Å². The number of carbonyl (C=O) groups excluding carboxylic acids is 1. The van der Waals surface area contributed by atoms with Gasteiger partial charge in [0.1, 0.15) is 0 Å². The summed E-state index contributed by atoms with van der Waals surface area (Å²) in [5.41, 5.74) is 3.98. The molecule has 0 saturated carbocycles. The molecule has 0 unspecified atom stereocenters. The Kier molecular flexibility index (Phi) is 3.09. The van der Waals surface area contributed by atoms with Crippen LogP contribution in [0.4, 0.5) is 0 Å². The minimum Gasteiger partial charge on any atom is -0.295 e. The van der Waals surface area contributed by atoms with E-state index in [1.165, 1.54) is 0 Å². The predicted octanol–water partition coefficient (Wildman–Crippen LogP) is 2.52. The number of benzene rings is 1. The molecule has 0 atom stereocenters. The predicted molar refractivity (Wildman–Crippen MR) is 67.2 cm³/mol. The van der Waals surface area contributed by atoms with E-state index >= 15 is 0 Å². The third-order valence-electron chi connectivity index (χ3n) is 2.87. The van der Waals surface area contributed by atoms with Gasteiger partial charge in [0.15, 0.2) is 5.78 Å². The lowest BCUT2D eigenvalue weighted by Crippen LogP contribution is -2.04. The van der Waals surface area contributed by atoms with Crippen molar-refractivity contribution >= 4 is 5.78 Å². The van der Waals surface area contributed by atoms with Crippen LogP contribution in [0, 0.1) is 6.92 Å². The normalized spacial score (nSPS) is 10.5. The van der Waals surface area contributed by atoms with Crippen molar-refractivity contribution in [3.05, 3.63) is 52.8 Å². The Hall–Kier alpha value is -1.90. The summed E-state index contributed by atoms with van der Waals surface area (Å²) >= 11 is 0. The number of Topliss-reactive ketones (excluding diaryl/α,β-unsaturated/α-hetero) is 1. The topological polar surface area (TPSA) is 34.9 Å². The largest absolute Gasteiger partial charge is 0.295 e. The molecule has 1 aromatic carbocycles. The van der Waals surface area contributed by atoms with Gasteiger partial charge in [0, 0.05) is 24.7 Å². The molecule has 88 valence electrons. The van der Waals surface area contributed by atoms with Gasteiger partial charge in [-0.15, -0.1) is 0 Å². The van der Waals surface area contributed by atoms with Gasteiger partial charge in [0.25, 0.3) is 0 Å². The molecule has 1 aromatic heterocycles. The van der Waals surface area contributed by atoms with Crippen molar-refractivity contribution in [2.24, 2.45) is 7.05 Å². The molecule has 0 bridgehead atoms. The maximum Gasteiger partial charge on any atom is 0.160 e. The average Bonchev–Trinajstić information content (AvgIpc) is 2.58. The Labute approximate surface area is 101 Å². The van der Waals surface area contributed by atoms with E-state index in [9.17, 15) is 4.79 Å². The number of hydrogen-bond donors (Lipinski definition) is 0. The fraction of sp³-hybridized carbons (Fsp3) is 0.286. The molecule has 17 heavy (non-hydrogen) atoms. The molecule has 0 saturated heterocycles. The first-order valence-corrected chi connectivity index (χ1v) is 5.66. The highest BCUT2D eigenvalue weighted by atomic mass is 16.1. The Morgan fingerprint density at radius 1 is 1.35 bits per heavy atom. The van der Waals surface area contributed by atoms with Gasteiger partial charge in [-0.25, -0.2) is 0 Å². The number of nitrogens with zero attached hydrogens (tertiary/aromatic N) is 2. The molecule has 2 rings (SSSR count). The molecule has 2 aromatic rings. The van der Waals surface area contributed by atoms with Crippen molar-refractivity contribution in [3.8, 4) is 0 Å². The summed E-state index contributed by atoms with van der Waals surface area (Å²) in [5.74, 6) is 0.111. The fourth-order valence-corrected chi connectivity index (χ4v) is 2.04. The van der Waals surface area contributed by atoms with Crippen molar-refractivity contribution in [3.63, 3.8) is 0 Å². The zero-order valence-electron chi connectivity index (χ0n) is 10.4. The minimum atomic E-state index is 0.111. The number of aryl methyl sites for hydroxylation is 2. The zero-order valence-corrected chi connectivity index (χ0v) is 10.4. The van der Waals surface area contributed by atoms with Crippen molar-refractivity contribution in [1.82, 2.24) is 9.78 Å². The molecule has 0 aliphatic heterocycles. The van der Waals surface area contributed by atoms with Crippen molar-refractivity contribution < 1.29 is 4.79 Å². The van der Waals surface area contributed by atoms with E-state index in [0.717, 1.165) is 28.9 Å². The molecule has 0 aliphatic rings. The van der Waals surface area contributed by atoms with E-state index < -0.39 is 0 Å². The number of carbonyl (C=O) groups is 1. The average molecular weight is 228 g/mol. The van der Waals surface area contributed by atoms with Gasteiger partial charge in [0.05, 0.1) is 5.69 Å². The van der Waals surface area contributed by atoms with E-state index in [1.54, 1.807) is 6.92 Å². The molecular weight excluding hydrogens is 212 g/mol. The van der Waals surface area contributed by atoms with Crippen LogP contribution < -0.4 is 0 Å². The molecular formula is C14H16N2O. The number of rotatable bonds is 3. The van der Waals surface area contributed by atoms with Crippen LogP contribution in [0.1, 0.15) is 34.2 Å². The number of aromatic nitrogens is 2. The highest BCUT2D eigenvalue weighted by Crippen LogP contribution is 2.15. The number of hydrogen-bond acceptors (Lipinski definition) is 2. The molecule has 0 aliphatic carbocycles. The maximum absolute atomic E-state index is 11.5. The van der Waals surface area contributed by atoms with Crippen LogP contribution in [-0.4, -0.2) is 15.6 Å². The first-order valence-electron chi connectivity index (χ1n) is 5.66. The van der Waals surface area contributed by atoms with Crippen LogP contribution in [0.5, 0.6) is 0 Å². The van der Waals surface area contributed by atoms with Crippen molar-refractivity contribution in [2.75, 3.05) is 0 Å². The second kappa shape index (κ2) is 4.53. The Bertz CT molecular complexity index is 555. The SMILES string of the molecule is CC(=O)c1ccccc1Cc1cc(C)nn1C. The maximum atomic E-state index is 11.5. The summed E-state index contributed by atoms with van der Waals surface area (Å²) in [4.78, 5) is 11.5.